The Bertz CT molecular complexity index is 526. The number of aliphatic carboxylic acids is 1. The first-order valence-electron chi connectivity index (χ1n) is 9.55. The van der Waals surface area contributed by atoms with Gasteiger partial charge in [0.15, 0.2) is 0 Å². The summed E-state index contributed by atoms with van der Waals surface area (Å²) in [6.07, 6.45) is 11.2. The fourth-order valence-corrected chi connectivity index (χ4v) is 5.88. The molecule has 0 atom stereocenters. The average Bonchev–Trinajstić information content (AvgIpc) is 2.51. The largest absolute Gasteiger partial charge is 0.476 e. The summed E-state index contributed by atoms with van der Waals surface area (Å²) in [5.74, 6) is -0.319. The third kappa shape index (κ3) is 3.98. The van der Waals surface area contributed by atoms with Crippen LogP contribution in [0.1, 0.15) is 64.2 Å². The van der Waals surface area contributed by atoms with Crippen molar-refractivity contribution in [1.82, 2.24) is 4.90 Å². The predicted octanol–water partition coefficient (Wildman–Crippen LogP) is 3.83. The summed E-state index contributed by atoms with van der Waals surface area (Å²) in [6.45, 7) is 0.659. The number of carbonyl (C=O) groups excluding carboxylic acids is 1. The Balaban J connectivity index is 1.50. The van der Waals surface area contributed by atoms with Gasteiger partial charge in [0.1, 0.15) is 0 Å². The first-order chi connectivity index (χ1) is 11.9. The molecule has 3 N–H and O–H groups in total. The Labute approximate surface area is 148 Å². The van der Waals surface area contributed by atoms with Crippen LogP contribution in [0.25, 0.3) is 0 Å². The first kappa shape index (κ1) is 18.2. The van der Waals surface area contributed by atoms with E-state index in [1.807, 2.05) is 4.90 Å². The third-order valence-corrected chi connectivity index (χ3v) is 6.46. The van der Waals surface area contributed by atoms with Crippen LogP contribution in [0, 0.1) is 17.8 Å². The lowest BCUT2D eigenvalue weighted by Gasteiger charge is -2.60. The number of unbranched alkanes of at least 4 members (excludes halogenated alkanes) is 3. The maximum absolute atomic E-state index is 12.9. The second-order valence-electron chi connectivity index (χ2n) is 8.34. The molecule has 0 aromatic heterocycles. The van der Waals surface area contributed by atoms with Gasteiger partial charge in [0, 0.05) is 12.1 Å². The van der Waals surface area contributed by atoms with Crippen molar-refractivity contribution in [2.45, 2.75) is 69.7 Å². The quantitative estimate of drug-likeness (QED) is 0.514. The fraction of sp³-hybridized carbons (Fsp3) is 0.789. The van der Waals surface area contributed by atoms with Crippen LogP contribution in [-0.2, 0) is 4.79 Å². The van der Waals surface area contributed by atoms with Crippen molar-refractivity contribution in [3.05, 3.63) is 11.9 Å². The zero-order valence-corrected chi connectivity index (χ0v) is 14.8. The Morgan fingerprint density at radius 1 is 1.08 bits per heavy atom. The highest BCUT2D eigenvalue weighted by molar-refractivity contribution is 5.83. The number of nitrogens with two attached hydrogens (primary N) is 1. The number of hydrogen-bond acceptors (Lipinski definition) is 2. The van der Waals surface area contributed by atoms with Crippen LogP contribution >= 0.6 is 0 Å². The molecular formula is C19H29FN2O3. The zero-order valence-electron chi connectivity index (χ0n) is 14.8. The van der Waals surface area contributed by atoms with E-state index in [2.05, 4.69) is 0 Å². The van der Waals surface area contributed by atoms with E-state index in [9.17, 15) is 14.0 Å². The van der Waals surface area contributed by atoms with Gasteiger partial charge in [-0.05, 0) is 81.6 Å². The number of urea groups is 1. The number of carboxylic acid groups (broad SMARTS) is 1. The Morgan fingerprint density at radius 2 is 1.64 bits per heavy atom. The molecule has 4 bridgehead atoms. The molecule has 4 saturated carbocycles. The molecule has 0 unspecified atom stereocenters. The maximum atomic E-state index is 12.9. The number of halogens is 1. The summed E-state index contributed by atoms with van der Waals surface area (Å²) in [5, 5.41) is 8.47. The highest BCUT2D eigenvalue weighted by Gasteiger charge is 2.54. The van der Waals surface area contributed by atoms with Gasteiger partial charge in [-0.2, -0.15) is 4.39 Å². The van der Waals surface area contributed by atoms with Crippen LogP contribution in [0.3, 0.4) is 0 Å². The van der Waals surface area contributed by atoms with Gasteiger partial charge in [-0.25, -0.2) is 9.59 Å². The molecule has 25 heavy (non-hydrogen) atoms. The van der Waals surface area contributed by atoms with E-state index >= 15 is 0 Å². The SMILES string of the molecule is NC(=O)N(CCCCC/C=C(\F)C(=O)O)C12CC3CC(CC(C3)C1)C2. The molecule has 5 nitrogen and oxygen atoms in total. The van der Waals surface area contributed by atoms with Crippen LogP contribution in [0.4, 0.5) is 9.18 Å². The Morgan fingerprint density at radius 3 is 2.12 bits per heavy atom. The number of carbonyl (C=O) groups is 2. The van der Waals surface area contributed by atoms with Crippen molar-refractivity contribution in [3.8, 4) is 0 Å². The summed E-state index contributed by atoms with van der Waals surface area (Å²) in [5.41, 5.74) is 5.72. The molecular weight excluding hydrogens is 323 g/mol. The Hall–Kier alpha value is -1.59. The van der Waals surface area contributed by atoms with Gasteiger partial charge in [-0.15, -0.1) is 0 Å². The van der Waals surface area contributed by atoms with Gasteiger partial charge in [-0.3, -0.25) is 0 Å². The van der Waals surface area contributed by atoms with Crippen LogP contribution in [0.2, 0.25) is 0 Å². The second kappa shape index (κ2) is 7.34. The van der Waals surface area contributed by atoms with E-state index in [-0.39, 0.29) is 11.6 Å². The van der Waals surface area contributed by atoms with Gasteiger partial charge >= 0.3 is 12.0 Å². The van der Waals surface area contributed by atoms with Crippen LogP contribution < -0.4 is 5.73 Å². The molecule has 0 spiro atoms. The number of hydrogen-bond donors (Lipinski definition) is 2. The lowest BCUT2D eigenvalue weighted by Crippen LogP contribution is -2.62. The monoisotopic (exact) mass is 352 g/mol. The number of primary amides is 1. The van der Waals surface area contributed by atoms with Crippen molar-refractivity contribution < 1.29 is 19.1 Å². The van der Waals surface area contributed by atoms with Crippen molar-refractivity contribution in [2.75, 3.05) is 6.54 Å². The standard InChI is InChI=1S/C19H29FN2O3/c20-16(17(23)24)5-3-1-2-4-6-22(18(21)25)19-10-13-7-14(11-19)9-15(8-13)12-19/h5,13-15H,1-4,6-12H2,(H2,21,25)(H,23,24)/b16-5-. The second-order valence-corrected chi connectivity index (χ2v) is 8.34. The molecule has 4 fully saturated rings. The average molecular weight is 352 g/mol. The summed E-state index contributed by atoms with van der Waals surface area (Å²) in [4.78, 5) is 24.4. The molecule has 4 aliphatic rings. The van der Waals surface area contributed by atoms with E-state index in [1.165, 1.54) is 19.3 Å². The maximum Gasteiger partial charge on any atom is 0.364 e. The van der Waals surface area contributed by atoms with Gasteiger partial charge in [-0.1, -0.05) is 6.42 Å². The van der Waals surface area contributed by atoms with E-state index in [0.29, 0.717) is 19.4 Å². The molecule has 0 aromatic rings. The minimum absolute atomic E-state index is 0.0180. The number of carboxylic acids is 1. The topological polar surface area (TPSA) is 83.6 Å². The van der Waals surface area contributed by atoms with Gasteiger partial charge < -0.3 is 15.7 Å². The molecule has 0 aliphatic heterocycles. The van der Waals surface area contributed by atoms with Crippen LogP contribution in [0.15, 0.2) is 11.9 Å². The highest BCUT2D eigenvalue weighted by Crippen LogP contribution is 2.57. The van der Waals surface area contributed by atoms with Gasteiger partial charge in [0.25, 0.3) is 0 Å². The Kier molecular flexibility index (Phi) is 5.35. The molecule has 4 aliphatic carbocycles. The van der Waals surface area contributed by atoms with E-state index < -0.39 is 11.8 Å². The molecule has 0 saturated heterocycles. The minimum atomic E-state index is -1.51. The smallest absolute Gasteiger partial charge is 0.364 e. The van der Waals surface area contributed by atoms with Crippen molar-refractivity contribution in [1.29, 1.82) is 0 Å². The first-order valence-corrected chi connectivity index (χ1v) is 9.55. The van der Waals surface area contributed by atoms with E-state index in [0.717, 1.165) is 55.9 Å². The summed E-state index contributed by atoms with van der Waals surface area (Å²) in [6, 6.07) is -0.307. The van der Waals surface area contributed by atoms with E-state index in [4.69, 9.17) is 10.8 Å². The third-order valence-electron chi connectivity index (χ3n) is 6.46. The molecule has 140 valence electrons. The lowest BCUT2D eigenvalue weighted by molar-refractivity contribution is -0.134. The lowest BCUT2D eigenvalue weighted by atomic mass is 9.52. The zero-order chi connectivity index (χ0) is 18.0. The van der Waals surface area contributed by atoms with Gasteiger partial charge in [0.05, 0.1) is 0 Å². The molecule has 6 heteroatoms. The van der Waals surface area contributed by atoms with Crippen molar-refractivity contribution in [3.63, 3.8) is 0 Å². The molecule has 4 rings (SSSR count). The fourth-order valence-electron chi connectivity index (χ4n) is 5.88. The van der Waals surface area contributed by atoms with Crippen LogP contribution in [0.5, 0.6) is 0 Å². The summed E-state index contributed by atoms with van der Waals surface area (Å²) < 4.78 is 12.9. The van der Waals surface area contributed by atoms with Crippen molar-refractivity contribution >= 4 is 12.0 Å². The number of rotatable bonds is 8. The van der Waals surface area contributed by atoms with Crippen molar-refractivity contribution in [2.24, 2.45) is 23.5 Å². The molecule has 0 heterocycles. The summed E-state index contributed by atoms with van der Waals surface area (Å²) >= 11 is 0. The van der Waals surface area contributed by atoms with Crippen LogP contribution in [-0.4, -0.2) is 34.1 Å². The summed E-state index contributed by atoms with van der Waals surface area (Å²) in [7, 11) is 0. The van der Waals surface area contributed by atoms with Gasteiger partial charge in [0.2, 0.25) is 5.83 Å². The normalized spacial score (nSPS) is 33.5. The highest BCUT2D eigenvalue weighted by atomic mass is 19.1. The number of amides is 2. The number of nitrogens with zero attached hydrogens (tertiary/aromatic N) is 1. The minimum Gasteiger partial charge on any atom is -0.476 e. The predicted molar refractivity (Wildman–Crippen MR) is 92.5 cm³/mol. The molecule has 2 amide bonds. The molecule has 0 aromatic carbocycles. The molecule has 0 radical (unpaired) electrons. The number of allylic oxidation sites excluding steroid dienone is 1. The van der Waals surface area contributed by atoms with E-state index in [1.54, 1.807) is 0 Å².